The molecule has 1 fully saturated rings. The van der Waals surface area contributed by atoms with Gasteiger partial charge in [0.2, 0.25) is 0 Å². The number of nitrogens with zero attached hydrogens (tertiary/aromatic N) is 1. The number of methoxy groups -OCH3 is 1. The molecule has 0 aliphatic carbocycles. The van der Waals surface area contributed by atoms with Crippen molar-refractivity contribution in [3.8, 4) is 5.75 Å². The first-order valence-electron chi connectivity index (χ1n) is 11.0. The van der Waals surface area contributed by atoms with E-state index in [4.69, 9.17) is 9.47 Å². The van der Waals surface area contributed by atoms with Crippen molar-refractivity contribution in [3.63, 3.8) is 0 Å². The van der Waals surface area contributed by atoms with Crippen LogP contribution in [0.2, 0.25) is 0 Å². The SMILES string of the molecule is CCN(CC[C@H](c1ccccc1)[C@H]1CCOC(C)(C)C1)Cc1ccc(OC)cc1. The van der Waals surface area contributed by atoms with Gasteiger partial charge in [-0.15, -0.1) is 0 Å². The molecule has 2 atom stereocenters. The van der Waals surface area contributed by atoms with Gasteiger partial charge in [0, 0.05) is 13.2 Å². The molecule has 1 saturated heterocycles. The molecule has 3 rings (SSSR count). The molecule has 2 aromatic rings. The minimum absolute atomic E-state index is 0.0104. The smallest absolute Gasteiger partial charge is 0.118 e. The summed E-state index contributed by atoms with van der Waals surface area (Å²) in [6.45, 7) is 10.8. The Labute approximate surface area is 177 Å². The molecule has 0 saturated carbocycles. The minimum Gasteiger partial charge on any atom is -0.497 e. The molecule has 3 nitrogen and oxygen atoms in total. The van der Waals surface area contributed by atoms with E-state index < -0.39 is 0 Å². The molecule has 0 bridgehead atoms. The lowest BCUT2D eigenvalue weighted by molar-refractivity contribution is -0.0775. The van der Waals surface area contributed by atoms with Crippen molar-refractivity contribution >= 4 is 0 Å². The summed E-state index contributed by atoms with van der Waals surface area (Å²) in [5.41, 5.74) is 2.82. The highest BCUT2D eigenvalue weighted by atomic mass is 16.5. The van der Waals surface area contributed by atoms with Gasteiger partial charge in [-0.2, -0.15) is 0 Å². The number of hydrogen-bond donors (Lipinski definition) is 0. The lowest BCUT2D eigenvalue weighted by Crippen LogP contribution is -2.37. The molecule has 1 aliphatic heterocycles. The second-order valence-corrected chi connectivity index (χ2v) is 8.88. The molecule has 0 spiro atoms. The van der Waals surface area contributed by atoms with Crippen molar-refractivity contribution in [2.45, 2.75) is 58.1 Å². The van der Waals surface area contributed by atoms with Crippen LogP contribution < -0.4 is 4.74 Å². The molecule has 0 aromatic heterocycles. The van der Waals surface area contributed by atoms with Gasteiger partial charge >= 0.3 is 0 Å². The average Bonchev–Trinajstić information content (AvgIpc) is 2.73. The summed E-state index contributed by atoms with van der Waals surface area (Å²) in [6, 6.07) is 19.6. The average molecular weight is 396 g/mol. The molecule has 2 aromatic carbocycles. The first-order chi connectivity index (χ1) is 14.0. The Morgan fingerprint density at radius 1 is 1.10 bits per heavy atom. The molecule has 158 valence electrons. The number of rotatable bonds is 9. The molecular formula is C26H37NO2. The zero-order valence-electron chi connectivity index (χ0n) is 18.6. The number of ether oxygens (including phenoxy) is 2. The highest BCUT2D eigenvalue weighted by Gasteiger charge is 2.34. The third-order valence-electron chi connectivity index (χ3n) is 6.30. The summed E-state index contributed by atoms with van der Waals surface area (Å²) in [5.74, 6) is 2.19. The second kappa shape index (κ2) is 10.3. The number of hydrogen-bond acceptors (Lipinski definition) is 3. The summed E-state index contributed by atoms with van der Waals surface area (Å²) < 4.78 is 11.3. The van der Waals surface area contributed by atoms with E-state index in [1.807, 2.05) is 0 Å². The maximum atomic E-state index is 6.01. The third-order valence-corrected chi connectivity index (χ3v) is 6.30. The van der Waals surface area contributed by atoms with Crippen LogP contribution in [-0.2, 0) is 11.3 Å². The van der Waals surface area contributed by atoms with E-state index in [0.717, 1.165) is 44.8 Å². The predicted octanol–water partition coefficient (Wildman–Crippen LogP) is 5.90. The van der Waals surface area contributed by atoms with Crippen molar-refractivity contribution in [3.05, 3.63) is 65.7 Å². The quantitative estimate of drug-likeness (QED) is 0.528. The van der Waals surface area contributed by atoms with Crippen molar-refractivity contribution in [2.24, 2.45) is 5.92 Å². The highest BCUT2D eigenvalue weighted by Crippen LogP contribution is 2.40. The lowest BCUT2D eigenvalue weighted by Gasteiger charge is -2.40. The fourth-order valence-electron chi connectivity index (χ4n) is 4.66. The Balaban J connectivity index is 1.67. The third kappa shape index (κ3) is 6.32. The zero-order chi connectivity index (χ0) is 20.7. The maximum absolute atomic E-state index is 6.01. The van der Waals surface area contributed by atoms with Crippen LogP contribution in [0.25, 0.3) is 0 Å². The first kappa shape index (κ1) is 21.9. The van der Waals surface area contributed by atoms with Gasteiger partial charge in [0.15, 0.2) is 0 Å². The summed E-state index contributed by atoms with van der Waals surface area (Å²) >= 11 is 0. The Kier molecular flexibility index (Phi) is 7.74. The van der Waals surface area contributed by atoms with E-state index >= 15 is 0 Å². The van der Waals surface area contributed by atoms with Crippen molar-refractivity contribution in [1.82, 2.24) is 4.90 Å². The molecular weight excluding hydrogens is 358 g/mol. The minimum atomic E-state index is -0.0104. The van der Waals surface area contributed by atoms with Gasteiger partial charge in [-0.1, -0.05) is 49.4 Å². The first-order valence-corrected chi connectivity index (χ1v) is 11.0. The van der Waals surface area contributed by atoms with Crippen molar-refractivity contribution in [1.29, 1.82) is 0 Å². The highest BCUT2D eigenvalue weighted by molar-refractivity contribution is 5.27. The molecule has 0 amide bonds. The van der Waals surface area contributed by atoms with Gasteiger partial charge in [0.25, 0.3) is 0 Å². The summed E-state index contributed by atoms with van der Waals surface area (Å²) in [6.07, 6.45) is 3.49. The normalized spacial score (nSPS) is 19.8. The summed E-state index contributed by atoms with van der Waals surface area (Å²) in [5, 5.41) is 0. The van der Waals surface area contributed by atoms with Crippen LogP contribution in [0.4, 0.5) is 0 Å². The van der Waals surface area contributed by atoms with Crippen molar-refractivity contribution in [2.75, 3.05) is 26.8 Å². The van der Waals surface area contributed by atoms with Crippen molar-refractivity contribution < 1.29 is 9.47 Å². The fraction of sp³-hybridized carbons (Fsp3) is 0.538. The molecule has 0 unspecified atom stereocenters. The summed E-state index contributed by atoms with van der Waals surface area (Å²) in [7, 11) is 1.72. The largest absolute Gasteiger partial charge is 0.497 e. The zero-order valence-corrected chi connectivity index (χ0v) is 18.6. The van der Waals surface area contributed by atoms with Gasteiger partial charge in [-0.05, 0) is 81.3 Å². The maximum Gasteiger partial charge on any atom is 0.118 e. The molecule has 1 aliphatic rings. The van der Waals surface area contributed by atoms with Crippen LogP contribution in [0.1, 0.15) is 57.1 Å². The topological polar surface area (TPSA) is 21.7 Å². The Hall–Kier alpha value is -1.84. The monoisotopic (exact) mass is 395 g/mol. The van der Waals surface area contributed by atoms with Gasteiger partial charge < -0.3 is 9.47 Å². The van der Waals surface area contributed by atoms with Crippen LogP contribution >= 0.6 is 0 Å². The number of benzene rings is 2. The van der Waals surface area contributed by atoms with Gasteiger partial charge in [0.05, 0.1) is 12.7 Å². The standard InChI is InChI=1S/C26H37NO2/c1-5-27(20-21-11-13-24(28-4)14-12-21)17-15-25(22-9-7-6-8-10-22)23-16-18-29-26(2,3)19-23/h6-14,23,25H,5,15-20H2,1-4H3/t23-,25+/m0/s1. The summed E-state index contributed by atoms with van der Waals surface area (Å²) in [4.78, 5) is 2.56. The van der Waals surface area contributed by atoms with Crippen LogP contribution in [0, 0.1) is 5.92 Å². The van der Waals surface area contributed by atoms with Crippen LogP contribution in [0.3, 0.4) is 0 Å². The van der Waals surface area contributed by atoms with Gasteiger partial charge in [0.1, 0.15) is 5.75 Å². The second-order valence-electron chi connectivity index (χ2n) is 8.88. The lowest BCUT2D eigenvalue weighted by atomic mass is 9.75. The predicted molar refractivity (Wildman–Crippen MR) is 121 cm³/mol. The Morgan fingerprint density at radius 3 is 2.45 bits per heavy atom. The Morgan fingerprint density at radius 2 is 1.83 bits per heavy atom. The van der Waals surface area contributed by atoms with E-state index in [1.165, 1.54) is 17.5 Å². The van der Waals surface area contributed by atoms with E-state index in [-0.39, 0.29) is 5.60 Å². The molecule has 29 heavy (non-hydrogen) atoms. The van der Waals surface area contributed by atoms with E-state index in [0.29, 0.717) is 11.8 Å². The molecule has 3 heteroatoms. The van der Waals surface area contributed by atoms with E-state index in [2.05, 4.69) is 80.3 Å². The van der Waals surface area contributed by atoms with Crippen LogP contribution in [0.15, 0.2) is 54.6 Å². The van der Waals surface area contributed by atoms with E-state index in [9.17, 15) is 0 Å². The van der Waals surface area contributed by atoms with E-state index in [1.54, 1.807) is 7.11 Å². The fourth-order valence-corrected chi connectivity index (χ4v) is 4.66. The Bertz CT molecular complexity index is 726. The molecule has 0 radical (unpaired) electrons. The van der Waals surface area contributed by atoms with Gasteiger partial charge in [-0.3, -0.25) is 4.90 Å². The van der Waals surface area contributed by atoms with Crippen LogP contribution in [-0.4, -0.2) is 37.3 Å². The van der Waals surface area contributed by atoms with Crippen LogP contribution in [0.5, 0.6) is 5.75 Å². The molecule has 1 heterocycles. The molecule has 0 N–H and O–H groups in total. The van der Waals surface area contributed by atoms with Gasteiger partial charge in [-0.25, -0.2) is 0 Å².